The summed E-state index contributed by atoms with van der Waals surface area (Å²) >= 11 is 0. The Bertz CT molecular complexity index is 890. The number of benzene rings is 2. The van der Waals surface area contributed by atoms with Gasteiger partial charge in [0.15, 0.2) is 0 Å². The Labute approximate surface area is 141 Å². The molecule has 0 unspecified atom stereocenters. The number of nitrogens with one attached hydrogen (secondary N) is 1. The van der Waals surface area contributed by atoms with E-state index in [1.807, 2.05) is 30.3 Å². The molecule has 0 aliphatic carbocycles. The number of aromatic nitrogens is 4. The molecule has 0 bridgehead atoms. The first-order chi connectivity index (χ1) is 12.1. The van der Waals surface area contributed by atoms with Gasteiger partial charge >= 0.3 is 0 Å². The highest BCUT2D eigenvalue weighted by Crippen LogP contribution is 2.11. The lowest BCUT2D eigenvalue weighted by Crippen LogP contribution is -2.24. The van der Waals surface area contributed by atoms with E-state index in [4.69, 9.17) is 0 Å². The quantitative estimate of drug-likeness (QED) is 0.566. The Hall–Kier alpha value is -3.49. The number of carbonyl (C=O) groups is 1. The van der Waals surface area contributed by atoms with Crippen molar-refractivity contribution in [3.8, 4) is 11.4 Å². The lowest BCUT2D eigenvalue weighted by molar-refractivity contribution is -0.122. The molecule has 2 aromatic carbocycles. The zero-order valence-corrected chi connectivity index (χ0v) is 12.8. The first-order valence-corrected chi connectivity index (χ1v) is 7.22. The smallest absolute Gasteiger partial charge is 0.263 e. The predicted molar refractivity (Wildman–Crippen MR) is 85.3 cm³/mol. The first-order valence-electron chi connectivity index (χ1n) is 7.22. The van der Waals surface area contributed by atoms with Crippen LogP contribution in [0.2, 0.25) is 0 Å². The van der Waals surface area contributed by atoms with Crippen molar-refractivity contribution in [1.82, 2.24) is 25.6 Å². The molecule has 126 valence electrons. The molecule has 1 amide bonds. The van der Waals surface area contributed by atoms with Crippen LogP contribution < -0.4 is 5.43 Å². The molecule has 0 atom stereocenters. The highest BCUT2D eigenvalue weighted by molar-refractivity contribution is 5.82. The van der Waals surface area contributed by atoms with Crippen molar-refractivity contribution >= 4 is 12.1 Å². The first kappa shape index (κ1) is 16.4. The van der Waals surface area contributed by atoms with Crippen LogP contribution in [-0.2, 0) is 11.3 Å². The number of tetrazole rings is 1. The van der Waals surface area contributed by atoms with Gasteiger partial charge < -0.3 is 0 Å². The minimum absolute atomic E-state index is 0.239. The van der Waals surface area contributed by atoms with E-state index in [1.54, 1.807) is 0 Å². The van der Waals surface area contributed by atoms with E-state index in [2.05, 4.69) is 25.9 Å². The van der Waals surface area contributed by atoms with E-state index in [0.29, 0.717) is 5.82 Å². The second-order valence-corrected chi connectivity index (χ2v) is 4.94. The zero-order chi connectivity index (χ0) is 17.6. The summed E-state index contributed by atoms with van der Waals surface area (Å²) < 4.78 is 26.8. The minimum atomic E-state index is -0.775. The number of hydrogen-bond acceptors (Lipinski definition) is 5. The minimum Gasteiger partial charge on any atom is -0.271 e. The Morgan fingerprint density at radius 3 is 2.56 bits per heavy atom. The van der Waals surface area contributed by atoms with Gasteiger partial charge in [-0.05, 0) is 17.3 Å². The van der Waals surface area contributed by atoms with Gasteiger partial charge in [0.2, 0.25) is 5.82 Å². The van der Waals surface area contributed by atoms with Crippen LogP contribution in [0.5, 0.6) is 0 Å². The average molecular weight is 342 g/mol. The highest BCUT2D eigenvalue weighted by atomic mass is 19.1. The van der Waals surface area contributed by atoms with Crippen LogP contribution in [0.15, 0.2) is 53.6 Å². The Morgan fingerprint density at radius 1 is 1.12 bits per heavy atom. The van der Waals surface area contributed by atoms with Crippen molar-refractivity contribution in [3.05, 3.63) is 65.7 Å². The Kier molecular flexibility index (Phi) is 4.84. The Morgan fingerprint density at radius 2 is 1.84 bits per heavy atom. The third kappa shape index (κ3) is 4.08. The summed E-state index contributed by atoms with van der Waals surface area (Å²) in [6.07, 6.45) is 0.896. The summed E-state index contributed by atoms with van der Waals surface area (Å²) in [5.74, 6) is -1.73. The van der Waals surface area contributed by atoms with Crippen LogP contribution >= 0.6 is 0 Å². The van der Waals surface area contributed by atoms with Gasteiger partial charge in [0, 0.05) is 5.56 Å². The van der Waals surface area contributed by atoms with Gasteiger partial charge in [-0.15, -0.1) is 10.2 Å². The van der Waals surface area contributed by atoms with Crippen molar-refractivity contribution in [1.29, 1.82) is 0 Å². The maximum absolute atomic E-state index is 13.4. The number of rotatable bonds is 5. The van der Waals surface area contributed by atoms with Gasteiger partial charge in [0.05, 0.1) is 11.8 Å². The molecule has 25 heavy (non-hydrogen) atoms. The third-order valence-corrected chi connectivity index (χ3v) is 3.15. The molecule has 0 saturated carbocycles. The van der Waals surface area contributed by atoms with E-state index in [9.17, 15) is 13.6 Å². The van der Waals surface area contributed by atoms with Crippen LogP contribution in [0.3, 0.4) is 0 Å². The average Bonchev–Trinajstić information content (AvgIpc) is 3.07. The molecular formula is C16H12F2N6O. The molecule has 0 aliphatic rings. The molecule has 1 N–H and O–H groups in total. The number of hydrogen-bond donors (Lipinski definition) is 1. The van der Waals surface area contributed by atoms with E-state index < -0.39 is 17.5 Å². The van der Waals surface area contributed by atoms with Crippen molar-refractivity contribution in [2.24, 2.45) is 5.10 Å². The van der Waals surface area contributed by atoms with Gasteiger partial charge in [0.25, 0.3) is 5.91 Å². The maximum Gasteiger partial charge on any atom is 0.263 e. The monoisotopic (exact) mass is 342 g/mol. The van der Waals surface area contributed by atoms with Crippen molar-refractivity contribution in [3.63, 3.8) is 0 Å². The van der Waals surface area contributed by atoms with Crippen LogP contribution in [0.1, 0.15) is 5.56 Å². The highest BCUT2D eigenvalue weighted by Gasteiger charge is 2.09. The fourth-order valence-corrected chi connectivity index (χ4v) is 1.98. The van der Waals surface area contributed by atoms with Gasteiger partial charge in [-0.1, -0.05) is 36.4 Å². The molecule has 0 aliphatic heterocycles. The molecule has 9 heteroatoms. The summed E-state index contributed by atoms with van der Waals surface area (Å²) in [5, 5.41) is 15.2. The van der Waals surface area contributed by atoms with Crippen LogP contribution in [0, 0.1) is 11.6 Å². The molecule has 0 spiro atoms. The topological polar surface area (TPSA) is 85.1 Å². The van der Waals surface area contributed by atoms with Crippen LogP contribution in [-0.4, -0.2) is 32.3 Å². The van der Waals surface area contributed by atoms with Crippen LogP contribution in [0.4, 0.5) is 8.78 Å². The van der Waals surface area contributed by atoms with Crippen molar-refractivity contribution in [2.75, 3.05) is 0 Å². The molecule has 7 nitrogen and oxygen atoms in total. The van der Waals surface area contributed by atoms with Crippen molar-refractivity contribution < 1.29 is 13.6 Å². The van der Waals surface area contributed by atoms with E-state index in [0.717, 1.165) is 28.7 Å². The summed E-state index contributed by atoms with van der Waals surface area (Å²) in [4.78, 5) is 12.9. The number of hydrazone groups is 1. The molecule has 0 saturated heterocycles. The second-order valence-electron chi connectivity index (χ2n) is 4.94. The lowest BCUT2D eigenvalue weighted by atomic mass is 10.2. The van der Waals surface area contributed by atoms with Gasteiger partial charge in [-0.25, -0.2) is 14.2 Å². The fourth-order valence-electron chi connectivity index (χ4n) is 1.98. The SMILES string of the molecule is O=C(Cn1nnc(-c2ccccc2)n1)NN=Cc1c(F)cccc1F. The van der Waals surface area contributed by atoms with Gasteiger partial charge in [-0.2, -0.15) is 9.90 Å². The molecule has 0 radical (unpaired) electrons. The third-order valence-electron chi connectivity index (χ3n) is 3.15. The summed E-state index contributed by atoms with van der Waals surface area (Å²) in [6, 6.07) is 12.6. The summed E-state index contributed by atoms with van der Waals surface area (Å²) in [6.45, 7) is -0.239. The van der Waals surface area contributed by atoms with E-state index in [1.165, 1.54) is 6.07 Å². The summed E-state index contributed by atoms with van der Waals surface area (Å²) in [7, 11) is 0. The standard InChI is InChI=1S/C16H12F2N6O/c17-13-7-4-8-14(18)12(13)9-19-20-15(25)10-24-22-16(21-23-24)11-5-2-1-3-6-11/h1-9H,10H2,(H,20,25). The van der Waals surface area contributed by atoms with Gasteiger partial charge in [0.1, 0.15) is 18.2 Å². The van der Waals surface area contributed by atoms with Crippen molar-refractivity contribution in [2.45, 2.75) is 6.54 Å². The summed E-state index contributed by atoms with van der Waals surface area (Å²) in [5.41, 5.74) is 2.58. The molecule has 1 heterocycles. The second kappa shape index (κ2) is 7.39. The molecule has 0 fully saturated rings. The maximum atomic E-state index is 13.4. The molecule has 3 rings (SSSR count). The van der Waals surface area contributed by atoms with Crippen LogP contribution in [0.25, 0.3) is 11.4 Å². The van der Waals surface area contributed by atoms with Gasteiger partial charge in [-0.3, -0.25) is 4.79 Å². The fraction of sp³-hybridized carbons (Fsp3) is 0.0625. The number of amides is 1. The molecule has 1 aromatic heterocycles. The van der Waals surface area contributed by atoms with E-state index in [-0.39, 0.29) is 12.1 Å². The predicted octanol–water partition coefficient (Wildman–Crippen LogP) is 1.77. The number of halogens is 2. The number of carbonyl (C=O) groups excluding carboxylic acids is 1. The molecule has 3 aromatic rings. The van der Waals surface area contributed by atoms with E-state index >= 15 is 0 Å². The zero-order valence-electron chi connectivity index (χ0n) is 12.8. The molecular weight excluding hydrogens is 330 g/mol. The lowest BCUT2D eigenvalue weighted by Gasteiger charge is -2.00. The Balaban J connectivity index is 1.60. The normalized spacial score (nSPS) is 11.0. The number of nitrogens with zero attached hydrogens (tertiary/aromatic N) is 5. The largest absolute Gasteiger partial charge is 0.271 e.